The van der Waals surface area contributed by atoms with Crippen molar-refractivity contribution in [2.45, 2.75) is 45.3 Å². The van der Waals surface area contributed by atoms with Crippen molar-refractivity contribution in [3.8, 4) is 5.75 Å². The summed E-state index contributed by atoms with van der Waals surface area (Å²) in [4.78, 5) is 48.8. The fourth-order valence-corrected chi connectivity index (χ4v) is 3.30. The fraction of sp³-hybridized carbons (Fsp3) is 0.370. The van der Waals surface area contributed by atoms with E-state index in [1.54, 1.807) is 24.3 Å². The maximum absolute atomic E-state index is 12.0. The highest BCUT2D eigenvalue weighted by molar-refractivity contribution is 5.97. The number of aliphatic imine (C=N–C) groups is 1. The number of carbonyl (C=O) groups is 4. The van der Waals surface area contributed by atoms with Crippen molar-refractivity contribution >= 4 is 29.9 Å². The monoisotopic (exact) mass is 542 g/mol. The highest BCUT2D eigenvalue weighted by atomic mass is 16.5. The SMILES string of the molecule is CC(=O)O.O=C(CCCOc1ccc(C[C@H](NC(=O)OCc2ccccc2)C(=O)O)cc1)NC1=NCCCN1. The van der Waals surface area contributed by atoms with Gasteiger partial charge in [-0.1, -0.05) is 42.5 Å². The molecule has 0 spiro atoms. The highest BCUT2D eigenvalue weighted by Crippen LogP contribution is 2.14. The quantitative estimate of drug-likeness (QED) is 0.267. The van der Waals surface area contributed by atoms with E-state index in [0.29, 0.717) is 43.3 Å². The summed E-state index contributed by atoms with van der Waals surface area (Å²) in [5.41, 5.74) is 1.52. The Kier molecular flexibility index (Phi) is 13.3. The number of ether oxygens (including phenoxy) is 2. The molecule has 0 fully saturated rings. The Bertz CT molecular complexity index is 1100. The summed E-state index contributed by atoms with van der Waals surface area (Å²) >= 11 is 0. The Morgan fingerprint density at radius 1 is 1.03 bits per heavy atom. The van der Waals surface area contributed by atoms with Gasteiger partial charge in [-0.25, -0.2) is 9.59 Å². The van der Waals surface area contributed by atoms with Crippen LogP contribution < -0.4 is 20.7 Å². The average molecular weight is 543 g/mol. The van der Waals surface area contributed by atoms with Gasteiger partial charge in [-0.2, -0.15) is 0 Å². The van der Waals surface area contributed by atoms with Crippen molar-refractivity contribution in [2.75, 3.05) is 19.7 Å². The molecule has 210 valence electrons. The Balaban J connectivity index is 0.00000124. The molecule has 39 heavy (non-hydrogen) atoms. The number of amides is 2. The summed E-state index contributed by atoms with van der Waals surface area (Å²) in [6, 6.07) is 14.9. The van der Waals surface area contributed by atoms with Crippen LogP contribution in [-0.2, 0) is 32.1 Å². The summed E-state index contributed by atoms with van der Waals surface area (Å²) in [5.74, 6) is -0.979. The number of benzene rings is 2. The van der Waals surface area contributed by atoms with E-state index in [9.17, 15) is 19.5 Å². The number of aliphatic carboxylic acids is 2. The molecule has 0 saturated carbocycles. The minimum absolute atomic E-state index is 0.0539. The van der Waals surface area contributed by atoms with Crippen LogP contribution in [0.3, 0.4) is 0 Å². The van der Waals surface area contributed by atoms with Crippen molar-refractivity contribution < 1.29 is 38.9 Å². The van der Waals surface area contributed by atoms with Crippen LogP contribution in [0.15, 0.2) is 59.6 Å². The van der Waals surface area contributed by atoms with Gasteiger partial charge in [0, 0.05) is 32.9 Å². The van der Waals surface area contributed by atoms with Crippen LogP contribution in [0.4, 0.5) is 4.79 Å². The lowest BCUT2D eigenvalue weighted by Crippen LogP contribution is -2.43. The summed E-state index contributed by atoms with van der Waals surface area (Å²) in [6.45, 7) is 3.01. The zero-order valence-electron chi connectivity index (χ0n) is 21.7. The Morgan fingerprint density at radius 3 is 2.33 bits per heavy atom. The number of nitrogens with one attached hydrogen (secondary N) is 3. The lowest BCUT2D eigenvalue weighted by atomic mass is 10.1. The number of rotatable bonds is 11. The number of hydrogen-bond donors (Lipinski definition) is 5. The van der Waals surface area contributed by atoms with Crippen molar-refractivity contribution in [2.24, 2.45) is 4.99 Å². The third-order valence-electron chi connectivity index (χ3n) is 5.14. The molecule has 1 aliphatic heterocycles. The van der Waals surface area contributed by atoms with Gasteiger partial charge in [-0.3, -0.25) is 19.9 Å². The number of carboxylic acid groups (broad SMARTS) is 2. The molecule has 0 aromatic heterocycles. The largest absolute Gasteiger partial charge is 0.494 e. The van der Waals surface area contributed by atoms with Crippen molar-refractivity contribution in [3.05, 3.63) is 65.7 Å². The maximum atomic E-state index is 12.0. The van der Waals surface area contributed by atoms with E-state index < -0.39 is 24.1 Å². The maximum Gasteiger partial charge on any atom is 0.408 e. The molecule has 5 N–H and O–H groups in total. The normalized spacial score (nSPS) is 12.8. The lowest BCUT2D eigenvalue weighted by Gasteiger charge is -2.15. The van der Waals surface area contributed by atoms with Gasteiger partial charge in [0.2, 0.25) is 5.91 Å². The molecular weight excluding hydrogens is 508 g/mol. The van der Waals surface area contributed by atoms with Crippen LogP contribution in [0, 0.1) is 0 Å². The molecule has 1 atom stereocenters. The molecule has 12 nitrogen and oxygen atoms in total. The Labute approximate surface area is 226 Å². The lowest BCUT2D eigenvalue weighted by molar-refractivity contribution is -0.139. The minimum Gasteiger partial charge on any atom is -0.494 e. The topological polar surface area (TPSA) is 176 Å². The molecule has 0 unspecified atom stereocenters. The van der Waals surface area contributed by atoms with Gasteiger partial charge >= 0.3 is 12.1 Å². The Hall–Kier alpha value is -4.61. The van der Waals surface area contributed by atoms with E-state index in [0.717, 1.165) is 25.5 Å². The van der Waals surface area contributed by atoms with Gasteiger partial charge in [0.15, 0.2) is 5.96 Å². The Morgan fingerprint density at radius 2 is 1.72 bits per heavy atom. The molecule has 0 bridgehead atoms. The van der Waals surface area contributed by atoms with E-state index in [2.05, 4.69) is 20.9 Å². The van der Waals surface area contributed by atoms with Crippen LogP contribution in [0.2, 0.25) is 0 Å². The second-order valence-electron chi connectivity index (χ2n) is 8.47. The first kappa shape index (κ1) is 30.6. The molecule has 0 saturated heterocycles. The van der Waals surface area contributed by atoms with Crippen LogP contribution in [0.25, 0.3) is 0 Å². The zero-order valence-corrected chi connectivity index (χ0v) is 21.7. The summed E-state index contributed by atoms with van der Waals surface area (Å²) in [6.07, 6.45) is 1.10. The van der Waals surface area contributed by atoms with Gasteiger partial charge in [-0.05, 0) is 36.1 Å². The molecule has 12 heteroatoms. The summed E-state index contributed by atoms with van der Waals surface area (Å²) in [7, 11) is 0. The number of guanidine groups is 1. The number of hydrogen-bond acceptors (Lipinski definition) is 8. The van der Waals surface area contributed by atoms with Gasteiger partial charge in [0.05, 0.1) is 6.61 Å². The predicted molar refractivity (Wildman–Crippen MR) is 142 cm³/mol. The molecule has 2 amide bonds. The minimum atomic E-state index is -1.16. The third-order valence-corrected chi connectivity index (χ3v) is 5.14. The number of nitrogens with zero attached hydrogens (tertiary/aromatic N) is 1. The molecule has 1 aliphatic rings. The third kappa shape index (κ3) is 13.5. The number of carboxylic acids is 2. The first-order chi connectivity index (χ1) is 18.7. The van der Waals surface area contributed by atoms with E-state index >= 15 is 0 Å². The van der Waals surface area contributed by atoms with E-state index in [1.165, 1.54) is 0 Å². The molecule has 3 rings (SSSR count). The zero-order chi connectivity index (χ0) is 28.5. The second kappa shape index (κ2) is 17.0. The highest BCUT2D eigenvalue weighted by Gasteiger charge is 2.21. The van der Waals surface area contributed by atoms with Crippen molar-refractivity contribution in [1.29, 1.82) is 0 Å². The predicted octanol–water partition coefficient (Wildman–Crippen LogP) is 2.32. The van der Waals surface area contributed by atoms with Gasteiger partial charge in [0.25, 0.3) is 5.97 Å². The van der Waals surface area contributed by atoms with Crippen LogP contribution >= 0.6 is 0 Å². The van der Waals surface area contributed by atoms with Crippen molar-refractivity contribution in [3.63, 3.8) is 0 Å². The van der Waals surface area contributed by atoms with Crippen LogP contribution in [0.1, 0.15) is 37.3 Å². The molecule has 1 heterocycles. The first-order valence-electron chi connectivity index (χ1n) is 12.4. The summed E-state index contributed by atoms with van der Waals surface area (Å²) < 4.78 is 10.8. The van der Waals surface area contributed by atoms with E-state index in [4.69, 9.17) is 19.4 Å². The van der Waals surface area contributed by atoms with Crippen molar-refractivity contribution in [1.82, 2.24) is 16.0 Å². The van der Waals surface area contributed by atoms with Gasteiger partial charge in [-0.15, -0.1) is 0 Å². The molecule has 2 aromatic carbocycles. The van der Waals surface area contributed by atoms with E-state index in [1.807, 2.05) is 30.3 Å². The molecular formula is C27H34N4O8. The fourth-order valence-electron chi connectivity index (χ4n) is 3.30. The number of alkyl carbamates (subject to hydrolysis) is 1. The second-order valence-corrected chi connectivity index (χ2v) is 8.47. The van der Waals surface area contributed by atoms with Gasteiger partial charge in [0.1, 0.15) is 18.4 Å². The smallest absolute Gasteiger partial charge is 0.408 e. The van der Waals surface area contributed by atoms with Crippen LogP contribution in [-0.4, -0.2) is 65.8 Å². The summed E-state index contributed by atoms with van der Waals surface area (Å²) in [5, 5.41) is 25.1. The van der Waals surface area contributed by atoms with Crippen LogP contribution in [0.5, 0.6) is 5.75 Å². The molecule has 0 aliphatic carbocycles. The van der Waals surface area contributed by atoms with Gasteiger partial charge < -0.3 is 30.3 Å². The molecule has 0 radical (unpaired) electrons. The number of carbonyl (C=O) groups excluding carboxylic acids is 2. The van der Waals surface area contributed by atoms with E-state index in [-0.39, 0.29) is 18.9 Å². The average Bonchev–Trinajstić information content (AvgIpc) is 2.91. The standard InChI is InChI=1S/C25H30N4O6.C2H4O2/c30-22(29-24-26-13-5-14-27-24)8-4-15-34-20-11-9-18(10-12-20)16-21(23(31)32)28-25(33)35-17-19-6-2-1-3-7-19;1-2(3)4/h1-3,6-7,9-12,21H,4-5,8,13-17H2,(H,28,33)(H,31,32)(H2,26,27,29,30);1H3,(H,3,4)/t21-;/m0./s1. The first-order valence-corrected chi connectivity index (χ1v) is 12.4. The molecule has 2 aromatic rings.